The first kappa shape index (κ1) is 26.6. The number of amides is 1. The van der Waals surface area contributed by atoms with Gasteiger partial charge in [-0.2, -0.15) is 0 Å². The first-order valence-electron chi connectivity index (χ1n) is 12.9. The summed E-state index contributed by atoms with van der Waals surface area (Å²) in [4.78, 5) is 46.6. The lowest BCUT2D eigenvalue weighted by molar-refractivity contribution is 0.0706. The molecule has 0 saturated carbocycles. The number of imidazole rings is 1. The molecule has 1 amide bonds. The molecular formula is C30H29BrN4O4. The molecule has 0 aliphatic carbocycles. The van der Waals surface area contributed by atoms with E-state index >= 15 is 0 Å². The van der Waals surface area contributed by atoms with Crippen molar-refractivity contribution in [1.82, 2.24) is 19.0 Å². The summed E-state index contributed by atoms with van der Waals surface area (Å²) < 4.78 is 9.50. The van der Waals surface area contributed by atoms with Crippen LogP contribution in [0.15, 0.2) is 82.3 Å². The number of rotatable bonds is 8. The minimum atomic E-state index is -0.289. The van der Waals surface area contributed by atoms with Crippen LogP contribution < -0.4 is 10.4 Å². The molecule has 4 aromatic rings. The highest BCUT2D eigenvalue weighted by Crippen LogP contribution is 2.24. The number of hydrogen-bond acceptors (Lipinski definition) is 5. The van der Waals surface area contributed by atoms with E-state index in [2.05, 4.69) is 20.9 Å². The largest absolute Gasteiger partial charge is 0.491 e. The van der Waals surface area contributed by atoms with Crippen LogP contribution in [0.25, 0.3) is 5.69 Å². The Bertz CT molecular complexity index is 1540. The zero-order chi connectivity index (χ0) is 27.5. The molecule has 3 heterocycles. The number of hydrogen-bond donors (Lipinski definition) is 0. The van der Waals surface area contributed by atoms with E-state index in [0.29, 0.717) is 52.5 Å². The van der Waals surface area contributed by atoms with Crippen LogP contribution in [0.1, 0.15) is 52.4 Å². The number of halogens is 1. The van der Waals surface area contributed by atoms with Crippen LogP contribution in [0, 0.1) is 0 Å². The van der Waals surface area contributed by atoms with Gasteiger partial charge in [0.15, 0.2) is 5.78 Å². The molecule has 0 radical (unpaired) electrons. The molecule has 0 atom stereocenters. The van der Waals surface area contributed by atoms with Crippen molar-refractivity contribution in [2.45, 2.75) is 45.9 Å². The molecule has 1 aliphatic heterocycles. The van der Waals surface area contributed by atoms with Crippen molar-refractivity contribution in [3.05, 3.63) is 111 Å². The Kier molecular flexibility index (Phi) is 7.79. The maximum Gasteiger partial charge on any atom is 0.333 e. The first-order chi connectivity index (χ1) is 18.8. The molecule has 39 heavy (non-hydrogen) atoms. The normalized spacial score (nSPS) is 12.9. The Morgan fingerprint density at radius 3 is 2.41 bits per heavy atom. The number of benzene rings is 2. The third kappa shape index (κ3) is 5.73. The quantitative estimate of drug-likeness (QED) is 0.212. The number of carbonyl (C=O) groups is 2. The van der Waals surface area contributed by atoms with E-state index in [0.717, 1.165) is 5.56 Å². The molecule has 9 heteroatoms. The van der Waals surface area contributed by atoms with E-state index in [-0.39, 0.29) is 36.4 Å². The van der Waals surface area contributed by atoms with Gasteiger partial charge in [0.05, 0.1) is 29.6 Å². The lowest BCUT2D eigenvalue weighted by atomic mass is 10.0. The van der Waals surface area contributed by atoms with E-state index in [1.165, 1.54) is 10.8 Å². The average Bonchev–Trinajstić information content (AvgIpc) is 3.24. The van der Waals surface area contributed by atoms with Crippen LogP contribution in [0.5, 0.6) is 5.75 Å². The molecule has 1 aliphatic rings. The molecule has 2 aromatic carbocycles. The summed E-state index contributed by atoms with van der Waals surface area (Å²) in [5.41, 5.74) is 2.65. The van der Waals surface area contributed by atoms with Crippen LogP contribution in [0.4, 0.5) is 0 Å². The van der Waals surface area contributed by atoms with Gasteiger partial charge in [-0.3, -0.25) is 18.7 Å². The second-order valence-electron chi connectivity index (χ2n) is 9.73. The number of ketones is 1. The van der Waals surface area contributed by atoms with Crippen molar-refractivity contribution >= 4 is 27.6 Å². The second-order valence-corrected chi connectivity index (χ2v) is 10.5. The van der Waals surface area contributed by atoms with E-state index in [1.807, 2.05) is 44.2 Å². The van der Waals surface area contributed by atoms with Crippen molar-refractivity contribution < 1.29 is 14.3 Å². The van der Waals surface area contributed by atoms with Crippen LogP contribution in [0.2, 0.25) is 0 Å². The number of aromatic nitrogens is 3. The smallest absolute Gasteiger partial charge is 0.333 e. The minimum Gasteiger partial charge on any atom is -0.491 e. The summed E-state index contributed by atoms with van der Waals surface area (Å²) >= 11 is 3.30. The Balaban J connectivity index is 1.52. The van der Waals surface area contributed by atoms with Crippen LogP contribution in [0.3, 0.4) is 0 Å². The molecule has 0 unspecified atom stereocenters. The number of aryl methyl sites for hydroxylation is 1. The van der Waals surface area contributed by atoms with Crippen molar-refractivity contribution in [1.29, 1.82) is 0 Å². The zero-order valence-electron chi connectivity index (χ0n) is 21.8. The predicted octanol–water partition coefficient (Wildman–Crippen LogP) is 5.06. The summed E-state index contributed by atoms with van der Waals surface area (Å²) in [6, 6.07) is 20.4. The van der Waals surface area contributed by atoms with Gasteiger partial charge in [-0.25, -0.2) is 9.78 Å². The third-order valence-electron chi connectivity index (χ3n) is 6.66. The number of fused-ring (bicyclic) bond motifs is 1. The monoisotopic (exact) mass is 588 g/mol. The van der Waals surface area contributed by atoms with E-state index in [9.17, 15) is 14.4 Å². The number of ether oxygens (including phenoxy) is 1. The van der Waals surface area contributed by atoms with Gasteiger partial charge in [0.25, 0.3) is 5.91 Å². The van der Waals surface area contributed by atoms with E-state index < -0.39 is 0 Å². The Hall–Kier alpha value is -3.98. The number of pyridine rings is 1. The highest BCUT2D eigenvalue weighted by atomic mass is 79.9. The van der Waals surface area contributed by atoms with Crippen molar-refractivity contribution in [3.8, 4) is 11.4 Å². The van der Waals surface area contributed by atoms with Crippen LogP contribution in [-0.2, 0) is 19.5 Å². The highest BCUT2D eigenvalue weighted by molar-refractivity contribution is 9.10. The molecular weight excluding hydrogens is 560 g/mol. The molecule has 0 N–H and O–H groups in total. The molecule has 0 bridgehead atoms. The van der Waals surface area contributed by atoms with Gasteiger partial charge in [0.1, 0.15) is 16.0 Å². The average molecular weight is 589 g/mol. The summed E-state index contributed by atoms with van der Waals surface area (Å²) in [7, 11) is 0. The maximum atomic E-state index is 13.8. The van der Waals surface area contributed by atoms with Crippen LogP contribution >= 0.6 is 15.9 Å². The van der Waals surface area contributed by atoms with Gasteiger partial charge in [0, 0.05) is 25.7 Å². The van der Waals surface area contributed by atoms with Gasteiger partial charge in [-0.15, -0.1) is 0 Å². The van der Waals surface area contributed by atoms with E-state index in [4.69, 9.17) is 4.74 Å². The fraction of sp³-hybridized carbons (Fsp3) is 0.267. The van der Waals surface area contributed by atoms with Gasteiger partial charge in [0.2, 0.25) is 0 Å². The topological polar surface area (TPSA) is 86.4 Å². The van der Waals surface area contributed by atoms with Gasteiger partial charge < -0.3 is 9.64 Å². The van der Waals surface area contributed by atoms with Crippen molar-refractivity contribution in [2.75, 3.05) is 6.54 Å². The Morgan fingerprint density at radius 2 is 1.74 bits per heavy atom. The van der Waals surface area contributed by atoms with E-state index in [1.54, 1.807) is 45.9 Å². The molecule has 2 aromatic heterocycles. The van der Waals surface area contributed by atoms with Gasteiger partial charge in [-0.1, -0.05) is 30.3 Å². The molecule has 0 spiro atoms. The Morgan fingerprint density at radius 1 is 1.00 bits per heavy atom. The van der Waals surface area contributed by atoms with Crippen molar-refractivity contribution in [3.63, 3.8) is 0 Å². The molecule has 200 valence electrons. The minimum absolute atomic E-state index is 0.0138. The summed E-state index contributed by atoms with van der Waals surface area (Å²) in [6.45, 7) is 4.69. The predicted molar refractivity (Wildman–Crippen MR) is 152 cm³/mol. The maximum absolute atomic E-state index is 13.8. The standard InChI is InChI=1S/C30H29BrN4O4/c1-20(2)39-24-12-10-23(11-13-24)35-28(26(36)14-8-21-6-4-3-5-7-21)25-19-33(16-17-34(25)30(35)38)29(37)22-9-15-27(31)32-18-22/h3-7,9-13,15,18,20H,8,14,16-17,19H2,1-2H3. The fourth-order valence-corrected chi connectivity index (χ4v) is 5.04. The fourth-order valence-electron chi connectivity index (χ4n) is 4.81. The Labute approximate surface area is 235 Å². The number of Topliss-reactive ketones (excluding diaryl/α,β-unsaturated/α-hetero) is 1. The first-order valence-corrected chi connectivity index (χ1v) is 13.7. The van der Waals surface area contributed by atoms with Crippen LogP contribution in [-0.4, -0.2) is 43.4 Å². The zero-order valence-corrected chi connectivity index (χ0v) is 23.4. The summed E-state index contributed by atoms with van der Waals surface area (Å²) in [5.74, 6) is 0.341. The summed E-state index contributed by atoms with van der Waals surface area (Å²) in [6.07, 6.45) is 2.32. The van der Waals surface area contributed by atoms with Gasteiger partial charge >= 0.3 is 5.69 Å². The molecule has 0 fully saturated rings. The SMILES string of the molecule is CC(C)Oc1ccc(-n2c(C(=O)CCc3ccccc3)c3n(c2=O)CCN(C(=O)c2ccc(Br)nc2)C3)cc1. The second kappa shape index (κ2) is 11.4. The molecule has 5 rings (SSSR count). The lowest BCUT2D eigenvalue weighted by Gasteiger charge is -2.28. The number of nitrogens with zero attached hydrogens (tertiary/aromatic N) is 4. The third-order valence-corrected chi connectivity index (χ3v) is 7.12. The van der Waals surface area contributed by atoms with Crippen molar-refractivity contribution in [2.24, 2.45) is 0 Å². The summed E-state index contributed by atoms with van der Waals surface area (Å²) in [5, 5.41) is 0. The van der Waals surface area contributed by atoms with Gasteiger partial charge in [-0.05, 0) is 78.2 Å². The molecule has 8 nitrogen and oxygen atoms in total. The highest BCUT2D eigenvalue weighted by Gasteiger charge is 2.32. The number of carbonyl (C=O) groups excluding carboxylic acids is 2. The molecule has 0 saturated heterocycles. The lowest BCUT2D eigenvalue weighted by Crippen LogP contribution is -2.41.